The Labute approximate surface area is 109 Å². The van der Waals surface area contributed by atoms with Crippen molar-refractivity contribution in [2.45, 2.75) is 25.8 Å². The molecule has 0 bridgehead atoms. The quantitative estimate of drug-likeness (QED) is 0.786. The van der Waals surface area contributed by atoms with E-state index >= 15 is 0 Å². The van der Waals surface area contributed by atoms with Crippen LogP contribution in [0.25, 0.3) is 0 Å². The molecule has 17 heavy (non-hydrogen) atoms. The van der Waals surface area contributed by atoms with Crippen molar-refractivity contribution < 1.29 is 9.59 Å². The van der Waals surface area contributed by atoms with E-state index in [-0.39, 0.29) is 24.2 Å². The fraction of sp³-hybridized carbons (Fsp3) is 0.818. The highest BCUT2D eigenvalue weighted by molar-refractivity contribution is 5.91. The summed E-state index contributed by atoms with van der Waals surface area (Å²) in [5.41, 5.74) is -0.710. The van der Waals surface area contributed by atoms with Crippen molar-refractivity contribution >= 4 is 24.2 Å². The molecule has 5 nitrogen and oxygen atoms in total. The third-order valence-corrected chi connectivity index (χ3v) is 3.09. The lowest BCUT2D eigenvalue weighted by atomic mass is 9.97. The van der Waals surface area contributed by atoms with Crippen molar-refractivity contribution in [2.24, 2.45) is 0 Å². The van der Waals surface area contributed by atoms with Crippen LogP contribution in [0.15, 0.2) is 0 Å². The molecule has 1 aliphatic heterocycles. The second-order valence-corrected chi connectivity index (χ2v) is 4.68. The van der Waals surface area contributed by atoms with Crippen LogP contribution in [-0.2, 0) is 9.59 Å². The Morgan fingerprint density at radius 3 is 2.53 bits per heavy atom. The molecule has 0 atom stereocenters. The summed E-state index contributed by atoms with van der Waals surface area (Å²) in [5, 5.41) is 2.94. The lowest BCUT2D eigenvalue weighted by molar-refractivity contribution is -0.157. The van der Waals surface area contributed by atoms with Gasteiger partial charge >= 0.3 is 0 Å². The Kier molecular flexibility index (Phi) is 5.92. The van der Waals surface area contributed by atoms with Gasteiger partial charge in [-0.3, -0.25) is 9.59 Å². The lowest BCUT2D eigenvalue weighted by Crippen LogP contribution is -2.63. The Morgan fingerprint density at radius 1 is 1.41 bits per heavy atom. The van der Waals surface area contributed by atoms with Gasteiger partial charge in [0.05, 0.1) is 0 Å². The average Bonchev–Trinajstić information content (AvgIpc) is 2.23. The van der Waals surface area contributed by atoms with Gasteiger partial charge in [-0.25, -0.2) is 0 Å². The van der Waals surface area contributed by atoms with Gasteiger partial charge in [-0.1, -0.05) is 0 Å². The molecule has 0 saturated carbocycles. The third kappa shape index (κ3) is 3.33. The van der Waals surface area contributed by atoms with Gasteiger partial charge in [0.2, 0.25) is 11.8 Å². The second kappa shape index (κ2) is 6.21. The maximum atomic E-state index is 12.0. The largest absolute Gasteiger partial charge is 0.342 e. The van der Waals surface area contributed by atoms with E-state index in [0.29, 0.717) is 26.1 Å². The average molecular weight is 264 g/mol. The number of hydrogen-bond acceptors (Lipinski definition) is 3. The number of nitrogens with zero attached hydrogens (tertiary/aromatic N) is 2. The molecule has 0 radical (unpaired) electrons. The zero-order valence-corrected chi connectivity index (χ0v) is 11.8. The fourth-order valence-electron chi connectivity index (χ4n) is 2.02. The smallest absolute Gasteiger partial charge is 0.247 e. The topological polar surface area (TPSA) is 52.7 Å². The molecule has 1 fully saturated rings. The number of hydrogen-bond donors (Lipinski definition) is 1. The molecule has 100 valence electrons. The van der Waals surface area contributed by atoms with Crippen LogP contribution in [0.4, 0.5) is 0 Å². The highest BCUT2D eigenvalue weighted by atomic mass is 35.5. The molecular formula is C11H22ClN3O2. The molecule has 0 aromatic carbocycles. The lowest BCUT2D eigenvalue weighted by Gasteiger charge is -2.44. The number of amides is 2. The number of halogens is 1. The standard InChI is InChI=1S/C11H21N3O2.ClH/c1-11(2)10(16)13(4)7-8-14(11)9(15)5-6-12-3;/h12H,5-8H2,1-4H3;1H. The Morgan fingerprint density at radius 2 is 2.00 bits per heavy atom. The molecule has 0 aromatic heterocycles. The Hall–Kier alpha value is -0.810. The van der Waals surface area contributed by atoms with Gasteiger partial charge in [-0.05, 0) is 20.9 Å². The molecule has 1 aliphatic rings. The van der Waals surface area contributed by atoms with Gasteiger partial charge in [0.25, 0.3) is 0 Å². The number of nitrogens with one attached hydrogen (secondary N) is 1. The predicted molar refractivity (Wildman–Crippen MR) is 69.2 cm³/mol. The molecule has 0 aromatic rings. The van der Waals surface area contributed by atoms with Crippen LogP contribution in [0.3, 0.4) is 0 Å². The van der Waals surface area contributed by atoms with E-state index in [1.54, 1.807) is 16.8 Å². The van der Waals surface area contributed by atoms with E-state index < -0.39 is 5.54 Å². The molecule has 0 unspecified atom stereocenters. The van der Waals surface area contributed by atoms with E-state index in [4.69, 9.17) is 0 Å². The van der Waals surface area contributed by atoms with Gasteiger partial charge in [0.15, 0.2) is 0 Å². The summed E-state index contributed by atoms with van der Waals surface area (Å²) in [6.45, 7) is 5.51. The normalized spacial score (nSPS) is 18.9. The first kappa shape index (κ1) is 16.2. The second-order valence-electron chi connectivity index (χ2n) is 4.68. The van der Waals surface area contributed by atoms with E-state index in [0.717, 1.165) is 0 Å². The van der Waals surface area contributed by atoms with Crippen molar-refractivity contribution in [1.82, 2.24) is 15.1 Å². The first-order valence-electron chi connectivity index (χ1n) is 5.62. The van der Waals surface area contributed by atoms with Crippen LogP contribution in [0.2, 0.25) is 0 Å². The summed E-state index contributed by atoms with van der Waals surface area (Å²) < 4.78 is 0. The van der Waals surface area contributed by atoms with Crippen LogP contribution >= 0.6 is 12.4 Å². The molecule has 0 aliphatic carbocycles. The van der Waals surface area contributed by atoms with E-state index in [2.05, 4.69) is 5.32 Å². The van der Waals surface area contributed by atoms with Crippen LogP contribution in [-0.4, -0.2) is 60.9 Å². The van der Waals surface area contributed by atoms with E-state index in [9.17, 15) is 9.59 Å². The van der Waals surface area contributed by atoms with Gasteiger partial charge < -0.3 is 15.1 Å². The summed E-state index contributed by atoms with van der Waals surface area (Å²) in [4.78, 5) is 27.3. The van der Waals surface area contributed by atoms with Crippen LogP contribution < -0.4 is 5.32 Å². The summed E-state index contributed by atoms with van der Waals surface area (Å²) >= 11 is 0. The van der Waals surface area contributed by atoms with Crippen molar-refractivity contribution in [3.05, 3.63) is 0 Å². The van der Waals surface area contributed by atoms with Crippen molar-refractivity contribution in [1.29, 1.82) is 0 Å². The molecule has 1 saturated heterocycles. The molecule has 1 rings (SSSR count). The summed E-state index contributed by atoms with van der Waals surface area (Å²) in [5.74, 6) is 0.0531. The van der Waals surface area contributed by atoms with E-state index in [1.165, 1.54) is 0 Å². The molecular weight excluding hydrogens is 242 g/mol. The van der Waals surface area contributed by atoms with Crippen LogP contribution in [0.1, 0.15) is 20.3 Å². The Bertz CT molecular complexity index is 294. The zero-order chi connectivity index (χ0) is 12.3. The summed E-state index contributed by atoms with van der Waals surface area (Å²) in [6.07, 6.45) is 0.441. The van der Waals surface area contributed by atoms with Crippen molar-refractivity contribution in [3.8, 4) is 0 Å². The zero-order valence-electron chi connectivity index (χ0n) is 10.9. The van der Waals surface area contributed by atoms with Crippen molar-refractivity contribution in [3.63, 3.8) is 0 Å². The maximum Gasteiger partial charge on any atom is 0.247 e. The van der Waals surface area contributed by atoms with Crippen LogP contribution in [0, 0.1) is 0 Å². The molecule has 0 spiro atoms. The van der Waals surface area contributed by atoms with Gasteiger partial charge in [-0.2, -0.15) is 0 Å². The monoisotopic (exact) mass is 263 g/mol. The summed E-state index contributed by atoms with van der Waals surface area (Å²) in [6, 6.07) is 0. The first-order valence-corrected chi connectivity index (χ1v) is 5.62. The number of rotatable bonds is 3. The number of carbonyl (C=O) groups excluding carboxylic acids is 2. The minimum Gasteiger partial charge on any atom is -0.342 e. The highest BCUT2D eigenvalue weighted by Crippen LogP contribution is 2.22. The number of carbonyl (C=O) groups is 2. The third-order valence-electron chi connectivity index (χ3n) is 3.09. The first-order chi connectivity index (χ1) is 7.41. The predicted octanol–water partition coefficient (Wildman–Crippen LogP) is 0.0969. The van der Waals surface area contributed by atoms with E-state index in [1.807, 2.05) is 20.9 Å². The minimum atomic E-state index is -0.710. The van der Waals surface area contributed by atoms with Crippen molar-refractivity contribution in [2.75, 3.05) is 33.7 Å². The minimum absolute atomic E-state index is 0. The fourth-order valence-corrected chi connectivity index (χ4v) is 2.02. The number of likely N-dealkylation sites (N-methyl/N-ethyl adjacent to an activating group) is 1. The summed E-state index contributed by atoms with van der Waals surface area (Å²) in [7, 11) is 3.59. The highest BCUT2D eigenvalue weighted by Gasteiger charge is 2.42. The van der Waals surface area contributed by atoms with Crippen LogP contribution in [0.5, 0.6) is 0 Å². The molecule has 1 N–H and O–H groups in total. The van der Waals surface area contributed by atoms with Gasteiger partial charge in [-0.15, -0.1) is 12.4 Å². The molecule has 1 heterocycles. The maximum absolute atomic E-state index is 12.0. The van der Waals surface area contributed by atoms with Gasteiger partial charge in [0.1, 0.15) is 5.54 Å². The Balaban J connectivity index is 0.00000256. The number of piperazine rings is 1. The van der Waals surface area contributed by atoms with Gasteiger partial charge in [0, 0.05) is 33.1 Å². The SMILES string of the molecule is CNCCC(=O)N1CCN(C)C(=O)C1(C)C.Cl. The molecule has 2 amide bonds. The molecule has 6 heteroatoms.